The normalized spacial score (nSPS) is 10.6. The Hall–Kier alpha value is -3.45. The maximum atomic E-state index is 11.9. The number of rotatable bonds is 7. The largest absolute Gasteiger partial charge is 0.488 e. The maximum Gasteiger partial charge on any atom is 0.337 e. The second kappa shape index (κ2) is 9.48. The lowest BCUT2D eigenvalue weighted by Crippen LogP contribution is -2.16. The van der Waals surface area contributed by atoms with E-state index >= 15 is 0 Å². The highest BCUT2D eigenvalue weighted by Crippen LogP contribution is 2.18. The number of hydrogen-bond acceptors (Lipinski definition) is 6. The number of hydrogen-bond donors (Lipinski definition) is 1. The Morgan fingerprint density at radius 1 is 1.07 bits per heavy atom. The molecule has 0 saturated carbocycles. The van der Waals surface area contributed by atoms with Gasteiger partial charge in [0.2, 0.25) is 0 Å². The minimum atomic E-state index is -0.376. The number of carbonyl (C=O) groups is 2. The third-order valence-electron chi connectivity index (χ3n) is 3.80. The number of hydrazone groups is 1. The summed E-state index contributed by atoms with van der Waals surface area (Å²) in [4.78, 5) is 24.0. The number of nitrogens with zero attached hydrogens (tertiary/aromatic N) is 1. The molecule has 0 atom stereocenters. The smallest absolute Gasteiger partial charge is 0.337 e. The Morgan fingerprint density at radius 2 is 1.86 bits per heavy atom. The lowest BCUT2D eigenvalue weighted by molar-refractivity contribution is 0.0600. The fourth-order valence-corrected chi connectivity index (χ4v) is 2.97. The molecule has 0 aliphatic rings. The highest BCUT2D eigenvalue weighted by atomic mass is 32.1. The van der Waals surface area contributed by atoms with Crippen molar-refractivity contribution >= 4 is 29.4 Å². The lowest BCUT2D eigenvalue weighted by atomic mass is 10.1. The van der Waals surface area contributed by atoms with Crippen LogP contribution < -0.4 is 10.2 Å². The van der Waals surface area contributed by atoms with Crippen LogP contribution in [0.15, 0.2) is 71.1 Å². The van der Waals surface area contributed by atoms with Gasteiger partial charge in [-0.15, -0.1) is 11.3 Å². The molecule has 0 radical (unpaired) electrons. The van der Waals surface area contributed by atoms with Crippen LogP contribution in [0.25, 0.3) is 0 Å². The van der Waals surface area contributed by atoms with Gasteiger partial charge in [0.15, 0.2) is 0 Å². The van der Waals surface area contributed by atoms with E-state index in [9.17, 15) is 9.59 Å². The molecule has 1 amide bonds. The van der Waals surface area contributed by atoms with Crippen molar-refractivity contribution in [1.82, 2.24) is 5.43 Å². The summed E-state index contributed by atoms with van der Waals surface area (Å²) in [7, 11) is 1.35. The number of para-hydroxylation sites is 1. The first-order valence-corrected chi connectivity index (χ1v) is 9.31. The predicted octanol–water partition coefficient (Wildman–Crippen LogP) is 3.88. The fourth-order valence-electron chi connectivity index (χ4n) is 2.36. The number of carbonyl (C=O) groups excluding carboxylic acids is 2. The van der Waals surface area contributed by atoms with E-state index in [0.29, 0.717) is 22.8 Å². The Balaban J connectivity index is 1.61. The van der Waals surface area contributed by atoms with Crippen LogP contribution >= 0.6 is 11.3 Å². The molecule has 3 rings (SSSR count). The number of methoxy groups -OCH3 is 1. The number of esters is 1. The van der Waals surface area contributed by atoms with Gasteiger partial charge in [0.1, 0.15) is 12.4 Å². The van der Waals surface area contributed by atoms with Gasteiger partial charge in [-0.25, -0.2) is 10.2 Å². The van der Waals surface area contributed by atoms with Crippen molar-refractivity contribution in [3.8, 4) is 5.75 Å². The van der Waals surface area contributed by atoms with Crippen LogP contribution in [0.4, 0.5) is 0 Å². The van der Waals surface area contributed by atoms with E-state index in [-0.39, 0.29) is 11.9 Å². The van der Waals surface area contributed by atoms with E-state index in [4.69, 9.17) is 4.74 Å². The number of ether oxygens (including phenoxy) is 2. The third-order valence-corrected chi connectivity index (χ3v) is 4.67. The highest BCUT2D eigenvalue weighted by Gasteiger charge is 2.07. The SMILES string of the molecule is COC(=O)c1ccc(COc2ccccc2/C=N/NC(=O)c2cccs2)cc1. The molecule has 6 nitrogen and oxygen atoms in total. The van der Waals surface area contributed by atoms with Gasteiger partial charge in [-0.05, 0) is 41.3 Å². The quantitative estimate of drug-likeness (QED) is 0.375. The van der Waals surface area contributed by atoms with E-state index in [1.165, 1.54) is 18.4 Å². The van der Waals surface area contributed by atoms with E-state index in [1.807, 2.05) is 47.8 Å². The first-order chi connectivity index (χ1) is 13.7. The molecule has 0 saturated heterocycles. The molecule has 0 aliphatic heterocycles. The summed E-state index contributed by atoms with van der Waals surface area (Å²) in [6.45, 7) is 0.327. The molecule has 0 bridgehead atoms. The van der Waals surface area contributed by atoms with Crippen molar-refractivity contribution < 1.29 is 19.1 Å². The molecule has 28 heavy (non-hydrogen) atoms. The number of thiophene rings is 1. The van der Waals surface area contributed by atoms with Crippen molar-refractivity contribution in [2.24, 2.45) is 5.10 Å². The minimum Gasteiger partial charge on any atom is -0.488 e. The summed E-state index contributed by atoms with van der Waals surface area (Å²) in [5.74, 6) is 0.00244. The molecule has 0 unspecified atom stereocenters. The Bertz CT molecular complexity index is 966. The molecule has 0 aliphatic carbocycles. The zero-order chi connectivity index (χ0) is 19.8. The van der Waals surface area contributed by atoms with Crippen LogP contribution in [0.1, 0.15) is 31.2 Å². The van der Waals surface area contributed by atoms with Crippen LogP contribution in [0, 0.1) is 0 Å². The molecular weight excluding hydrogens is 376 g/mol. The molecular formula is C21H18N2O4S. The van der Waals surface area contributed by atoms with E-state index in [1.54, 1.807) is 24.4 Å². The maximum absolute atomic E-state index is 11.9. The monoisotopic (exact) mass is 394 g/mol. The summed E-state index contributed by atoms with van der Waals surface area (Å²) in [5, 5.41) is 5.84. The summed E-state index contributed by atoms with van der Waals surface area (Å²) in [5.41, 5.74) is 4.63. The summed E-state index contributed by atoms with van der Waals surface area (Å²) in [6, 6.07) is 17.9. The van der Waals surface area contributed by atoms with E-state index in [0.717, 1.165) is 11.1 Å². The first kappa shape index (κ1) is 19.3. The van der Waals surface area contributed by atoms with Crippen LogP contribution in [0.5, 0.6) is 5.75 Å². The van der Waals surface area contributed by atoms with Crippen molar-refractivity contribution in [1.29, 1.82) is 0 Å². The third kappa shape index (κ3) is 5.05. The highest BCUT2D eigenvalue weighted by molar-refractivity contribution is 7.12. The Morgan fingerprint density at radius 3 is 2.57 bits per heavy atom. The molecule has 2 aromatic carbocycles. The van der Waals surface area contributed by atoms with Gasteiger partial charge >= 0.3 is 5.97 Å². The molecule has 142 valence electrons. The van der Waals surface area contributed by atoms with Crippen molar-refractivity contribution in [3.05, 3.63) is 87.6 Å². The molecule has 1 heterocycles. The zero-order valence-corrected chi connectivity index (χ0v) is 15.9. The molecule has 1 N–H and O–H groups in total. The van der Waals surface area contributed by atoms with Gasteiger partial charge in [-0.2, -0.15) is 5.10 Å². The zero-order valence-electron chi connectivity index (χ0n) is 15.1. The number of amides is 1. The molecule has 3 aromatic rings. The van der Waals surface area contributed by atoms with Crippen LogP contribution in [0.2, 0.25) is 0 Å². The topological polar surface area (TPSA) is 77.0 Å². The van der Waals surface area contributed by atoms with Gasteiger partial charge in [-0.1, -0.05) is 30.3 Å². The van der Waals surface area contributed by atoms with Crippen LogP contribution in [0.3, 0.4) is 0 Å². The molecule has 0 spiro atoms. The minimum absolute atomic E-state index is 0.254. The van der Waals surface area contributed by atoms with Crippen molar-refractivity contribution in [2.45, 2.75) is 6.61 Å². The average Bonchev–Trinajstić information content (AvgIpc) is 3.28. The predicted molar refractivity (Wildman–Crippen MR) is 108 cm³/mol. The molecule has 1 aromatic heterocycles. The van der Waals surface area contributed by atoms with Gasteiger partial charge in [0, 0.05) is 5.56 Å². The molecule has 0 fully saturated rings. The Labute approximate surface area is 166 Å². The van der Waals surface area contributed by atoms with Crippen LogP contribution in [-0.2, 0) is 11.3 Å². The first-order valence-electron chi connectivity index (χ1n) is 8.43. The Kier molecular flexibility index (Phi) is 6.54. The lowest BCUT2D eigenvalue weighted by Gasteiger charge is -2.09. The van der Waals surface area contributed by atoms with Gasteiger partial charge < -0.3 is 9.47 Å². The average molecular weight is 394 g/mol. The standard InChI is InChI=1S/C21H18N2O4S/c1-26-21(25)16-10-8-15(9-11-16)14-27-18-6-3-2-5-17(18)13-22-23-20(24)19-7-4-12-28-19/h2-13H,14H2,1H3,(H,23,24)/b22-13+. The number of nitrogens with one attached hydrogen (secondary N) is 1. The van der Waals surface area contributed by atoms with Gasteiger partial charge in [0.05, 0.1) is 23.8 Å². The van der Waals surface area contributed by atoms with E-state index < -0.39 is 0 Å². The summed E-state index contributed by atoms with van der Waals surface area (Å²) < 4.78 is 10.5. The van der Waals surface area contributed by atoms with E-state index in [2.05, 4.69) is 15.3 Å². The van der Waals surface area contributed by atoms with Crippen LogP contribution in [-0.4, -0.2) is 25.2 Å². The number of benzene rings is 2. The second-order valence-electron chi connectivity index (χ2n) is 5.69. The van der Waals surface area contributed by atoms with Crippen molar-refractivity contribution in [2.75, 3.05) is 7.11 Å². The summed E-state index contributed by atoms with van der Waals surface area (Å²) >= 11 is 1.35. The van der Waals surface area contributed by atoms with Gasteiger partial charge in [0.25, 0.3) is 5.91 Å². The second-order valence-corrected chi connectivity index (χ2v) is 6.64. The summed E-state index contributed by atoms with van der Waals surface area (Å²) in [6.07, 6.45) is 1.54. The van der Waals surface area contributed by atoms with Gasteiger partial charge in [-0.3, -0.25) is 4.79 Å². The molecule has 7 heteroatoms. The fraction of sp³-hybridized carbons (Fsp3) is 0.0952. The van der Waals surface area contributed by atoms with Crippen molar-refractivity contribution in [3.63, 3.8) is 0 Å².